The monoisotopic (exact) mass is 358 g/mol. The SMILES string of the molecule is [2H][C@H](C)[C@]12CO[C@H]([C@H](n3ccc(NC(=O)c4ccccc4)nc3=O)O1)[C@H]2O. The highest BCUT2D eigenvalue weighted by Gasteiger charge is 2.60. The lowest BCUT2D eigenvalue weighted by Crippen LogP contribution is -2.40. The Labute approximate surface area is 150 Å². The molecule has 0 spiro atoms. The van der Waals surface area contributed by atoms with Crippen LogP contribution in [0.3, 0.4) is 0 Å². The van der Waals surface area contributed by atoms with E-state index in [9.17, 15) is 14.7 Å². The fourth-order valence-corrected chi connectivity index (χ4v) is 3.31. The molecule has 5 atom stereocenters. The van der Waals surface area contributed by atoms with Gasteiger partial charge < -0.3 is 19.9 Å². The number of rotatable bonds is 4. The molecule has 2 aromatic rings. The molecule has 0 radical (unpaired) electrons. The molecule has 0 saturated carbocycles. The second-order valence-corrected chi connectivity index (χ2v) is 6.30. The Morgan fingerprint density at radius 2 is 2.23 bits per heavy atom. The fraction of sp³-hybridized carbons (Fsp3) is 0.389. The van der Waals surface area contributed by atoms with E-state index in [0.717, 1.165) is 0 Å². The van der Waals surface area contributed by atoms with Gasteiger partial charge in [-0.25, -0.2) is 4.79 Å². The van der Waals surface area contributed by atoms with Crippen LogP contribution in [0.4, 0.5) is 5.82 Å². The highest BCUT2D eigenvalue weighted by Crippen LogP contribution is 2.46. The van der Waals surface area contributed by atoms with Gasteiger partial charge in [-0.3, -0.25) is 9.36 Å². The second kappa shape index (κ2) is 6.31. The van der Waals surface area contributed by atoms with Gasteiger partial charge in [-0.2, -0.15) is 4.98 Å². The molecule has 2 bridgehead atoms. The number of nitrogens with zero attached hydrogens (tertiary/aromatic N) is 2. The van der Waals surface area contributed by atoms with Gasteiger partial charge in [-0.15, -0.1) is 0 Å². The van der Waals surface area contributed by atoms with Crippen LogP contribution in [0.25, 0.3) is 0 Å². The van der Waals surface area contributed by atoms with Crippen molar-refractivity contribution in [3.8, 4) is 0 Å². The molecule has 0 unspecified atom stereocenters. The summed E-state index contributed by atoms with van der Waals surface area (Å²) in [5.41, 5.74) is -1.36. The van der Waals surface area contributed by atoms with Crippen molar-refractivity contribution < 1.29 is 20.7 Å². The Hall–Kier alpha value is -2.55. The molecule has 1 aromatic carbocycles. The van der Waals surface area contributed by atoms with E-state index in [0.29, 0.717) is 5.56 Å². The molecule has 8 nitrogen and oxygen atoms in total. The van der Waals surface area contributed by atoms with Gasteiger partial charge in [0.05, 0.1) is 6.61 Å². The summed E-state index contributed by atoms with van der Waals surface area (Å²) < 4.78 is 20.6. The van der Waals surface area contributed by atoms with Crippen LogP contribution in [0.5, 0.6) is 0 Å². The number of fused-ring (bicyclic) bond motifs is 2. The van der Waals surface area contributed by atoms with Crippen LogP contribution < -0.4 is 11.0 Å². The van der Waals surface area contributed by atoms with E-state index < -0.39 is 36.1 Å². The van der Waals surface area contributed by atoms with E-state index in [-0.39, 0.29) is 18.3 Å². The Morgan fingerprint density at radius 1 is 1.46 bits per heavy atom. The Kier molecular flexibility index (Phi) is 3.81. The molecule has 3 heterocycles. The normalized spacial score (nSPS) is 31.5. The molecule has 1 aromatic heterocycles. The van der Waals surface area contributed by atoms with Crippen LogP contribution >= 0.6 is 0 Å². The summed E-state index contributed by atoms with van der Waals surface area (Å²) in [7, 11) is 0. The minimum atomic E-state index is -1.16. The fourth-order valence-electron chi connectivity index (χ4n) is 3.31. The van der Waals surface area contributed by atoms with E-state index in [1.807, 2.05) is 0 Å². The molecule has 2 N–H and O–H groups in total. The van der Waals surface area contributed by atoms with Crippen LogP contribution in [0.2, 0.25) is 0 Å². The molecule has 2 saturated heterocycles. The first-order valence-electron chi connectivity index (χ1n) is 8.85. The molecule has 2 fully saturated rings. The third-order valence-corrected chi connectivity index (χ3v) is 4.80. The summed E-state index contributed by atoms with van der Waals surface area (Å²) in [6.07, 6.45) is -1.92. The second-order valence-electron chi connectivity index (χ2n) is 6.30. The van der Waals surface area contributed by atoms with Crippen molar-refractivity contribution in [3.63, 3.8) is 0 Å². The van der Waals surface area contributed by atoms with Gasteiger partial charge >= 0.3 is 5.69 Å². The van der Waals surface area contributed by atoms with Crippen LogP contribution in [0.15, 0.2) is 47.4 Å². The van der Waals surface area contributed by atoms with Crippen molar-refractivity contribution in [2.24, 2.45) is 0 Å². The number of aliphatic hydroxyl groups excluding tert-OH is 1. The number of carbonyl (C=O) groups excluding carboxylic acids is 1. The van der Waals surface area contributed by atoms with Crippen LogP contribution in [0.1, 0.15) is 31.3 Å². The number of nitrogens with one attached hydrogen (secondary N) is 1. The molecule has 0 aliphatic carbocycles. The van der Waals surface area contributed by atoms with Gasteiger partial charge in [-0.1, -0.05) is 25.1 Å². The number of carbonyl (C=O) groups is 1. The number of hydrogen-bond donors (Lipinski definition) is 2. The first-order valence-corrected chi connectivity index (χ1v) is 8.28. The highest BCUT2D eigenvalue weighted by atomic mass is 16.6. The van der Waals surface area contributed by atoms with Gasteiger partial charge in [0.15, 0.2) is 6.23 Å². The average molecular weight is 358 g/mol. The molecular weight excluding hydrogens is 338 g/mol. The Bertz CT molecular complexity index is 919. The number of anilines is 1. The predicted molar refractivity (Wildman–Crippen MR) is 91.8 cm³/mol. The first kappa shape index (κ1) is 15.7. The summed E-state index contributed by atoms with van der Waals surface area (Å²) in [5.74, 6) is -0.268. The van der Waals surface area contributed by atoms with Crippen molar-refractivity contribution in [2.45, 2.75) is 37.4 Å². The summed E-state index contributed by atoms with van der Waals surface area (Å²) in [4.78, 5) is 28.5. The number of hydrogen-bond acceptors (Lipinski definition) is 6. The maximum absolute atomic E-state index is 12.4. The van der Waals surface area contributed by atoms with Crippen LogP contribution in [-0.2, 0) is 9.47 Å². The molecule has 136 valence electrons. The molecule has 2 aliphatic rings. The number of aliphatic hydroxyl groups is 1. The van der Waals surface area contributed by atoms with Crippen molar-refractivity contribution >= 4 is 11.7 Å². The lowest BCUT2D eigenvalue weighted by molar-refractivity contribution is -0.175. The van der Waals surface area contributed by atoms with Crippen LogP contribution in [-0.4, -0.2) is 45.0 Å². The highest BCUT2D eigenvalue weighted by molar-refractivity contribution is 6.03. The third-order valence-electron chi connectivity index (χ3n) is 4.80. The minimum absolute atomic E-state index is 0.105. The van der Waals surface area contributed by atoms with Gasteiger partial charge in [0.1, 0.15) is 23.6 Å². The third kappa shape index (κ3) is 2.63. The van der Waals surface area contributed by atoms with Crippen molar-refractivity contribution in [2.75, 3.05) is 11.9 Å². The Balaban J connectivity index is 1.55. The molecule has 8 heteroatoms. The molecule has 1 amide bonds. The van der Waals surface area contributed by atoms with Gasteiger partial charge in [0, 0.05) is 13.1 Å². The largest absolute Gasteiger partial charge is 0.387 e. The zero-order chi connectivity index (χ0) is 19.2. The van der Waals surface area contributed by atoms with Crippen molar-refractivity contribution in [1.82, 2.24) is 9.55 Å². The average Bonchev–Trinajstić information content (AvgIpc) is 3.14. The van der Waals surface area contributed by atoms with E-state index in [4.69, 9.17) is 10.8 Å². The molecular formula is C18H19N3O5. The smallest absolute Gasteiger partial charge is 0.351 e. The quantitative estimate of drug-likeness (QED) is 0.843. The predicted octanol–water partition coefficient (Wildman–Crippen LogP) is 0.933. The topological polar surface area (TPSA) is 103 Å². The molecule has 2 aliphatic heterocycles. The zero-order valence-corrected chi connectivity index (χ0v) is 14.0. The first-order chi connectivity index (χ1) is 12.9. The summed E-state index contributed by atoms with van der Waals surface area (Å²) in [6, 6.07) is 10.1. The zero-order valence-electron chi connectivity index (χ0n) is 15.0. The van der Waals surface area contributed by atoms with Crippen LogP contribution in [0, 0.1) is 0 Å². The van der Waals surface area contributed by atoms with E-state index in [1.165, 1.54) is 16.8 Å². The van der Waals surface area contributed by atoms with Crippen molar-refractivity contribution in [1.29, 1.82) is 0 Å². The maximum Gasteiger partial charge on any atom is 0.351 e. The number of aromatic nitrogens is 2. The lowest BCUT2D eigenvalue weighted by atomic mass is 9.96. The van der Waals surface area contributed by atoms with Gasteiger partial charge in [-0.05, 0) is 24.6 Å². The standard InChI is InChI=1S/C18H19N3O5/c1-2-18-10-25-13(14(18)22)16(26-18)21-9-8-12(20-17(21)24)19-15(23)11-6-4-3-5-7-11/h3-9,13-14,16,22H,2,10H2,1H3,(H,19,20,23,24)/t13-,14+,16+,18+/m0/s1/i2D/t2-,13+,14-,16-,18-/m1. The van der Waals surface area contributed by atoms with Gasteiger partial charge in [0.25, 0.3) is 5.91 Å². The summed E-state index contributed by atoms with van der Waals surface area (Å²) in [5, 5.41) is 13.0. The maximum atomic E-state index is 12.4. The van der Waals surface area contributed by atoms with E-state index in [2.05, 4.69) is 10.3 Å². The summed E-state index contributed by atoms with van der Waals surface area (Å²) in [6.45, 7) is 1.72. The Morgan fingerprint density at radius 3 is 2.88 bits per heavy atom. The number of amides is 1. The van der Waals surface area contributed by atoms with E-state index in [1.54, 1.807) is 37.3 Å². The number of ether oxygens (including phenoxy) is 2. The lowest BCUT2D eigenvalue weighted by Gasteiger charge is -2.30. The van der Waals surface area contributed by atoms with E-state index >= 15 is 0 Å². The number of benzene rings is 1. The van der Waals surface area contributed by atoms with Crippen molar-refractivity contribution in [3.05, 3.63) is 58.6 Å². The van der Waals surface area contributed by atoms with Gasteiger partial charge in [0.2, 0.25) is 0 Å². The minimum Gasteiger partial charge on any atom is -0.387 e. The summed E-state index contributed by atoms with van der Waals surface area (Å²) >= 11 is 0. The molecule has 26 heavy (non-hydrogen) atoms. The molecule has 4 rings (SSSR count).